The molecule has 0 radical (unpaired) electrons. The topological polar surface area (TPSA) is 47.6 Å². The molecule has 1 aromatic carbocycles. The molecular formula is C14H17BrFNO3. The van der Waals surface area contributed by atoms with Crippen molar-refractivity contribution in [2.24, 2.45) is 5.92 Å². The van der Waals surface area contributed by atoms with E-state index in [1.54, 1.807) is 13.2 Å². The maximum Gasteiger partial charge on any atom is 0.154 e. The highest BCUT2D eigenvalue weighted by molar-refractivity contribution is 9.10. The first-order chi connectivity index (χ1) is 9.61. The maximum absolute atomic E-state index is 13.6. The predicted octanol–water partition coefficient (Wildman–Crippen LogP) is 3.00. The van der Waals surface area contributed by atoms with Crippen LogP contribution in [0.25, 0.3) is 0 Å². The molecule has 1 aromatic rings. The molecule has 1 aliphatic rings. The number of anilines is 1. The van der Waals surface area contributed by atoms with E-state index in [9.17, 15) is 9.18 Å². The van der Waals surface area contributed by atoms with Gasteiger partial charge in [-0.3, -0.25) is 4.79 Å². The zero-order valence-electron chi connectivity index (χ0n) is 11.2. The van der Waals surface area contributed by atoms with Crippen LogP contribution in [0.2, 0.25) is 0 Å². The molecule has 0 aromatic heterocycles. The number of ketones is 1. The Morgan fingerprint density at radius 3 is 2.85 bits per heavy atom. The molecule has 4 nitrogen and oxygen atoms in total. The second-order valence-corrected chi connectivity index (χ2v) is 5.55. The Morgan fingerprint density at radius 1 is 1.45 bits per heavy atom. The third-order valence-electron chi connectivity index (χ3n) is 3.05. The third-order valence-corrected chi connectivity index (χ3v) is 3.66. The molecule has 0 heterocycles. The number of hydrogen-bond donors (Lipinski definition) is 1. The molecule has 1 saturated carbocycles. The van der Waals surface area contributed by atoms with Crippen molar-refractivity contribution in [1.82, 2.24) is 0 Å². The average molecular weight is 346 g/mol. The van der Waals surface area contributed by atoms with E-state index in [0.29, 0.717) is 29.1 Å². The highest BCUT2D eigenvalue weighted by atomic mass is 79.9. The van der Waals surface area contributed by atoms with Crippen LogP contribution >= 0.6 is 15.9 Å². The molecule has 1 fully saturated rings. The summed E-state index contributed by atoms with van der Waals surface area (Å²) in [6, 6.07) is 2.88. The zero-order valence-corrected chi connectivity index (χ0v) is 12.8. The first-order valence-electron chi connectivity index (χ1n) is 6.49. The minimum absolute atomic E-state index is 0.188. The lowest BCUT2D eigenvalue weighted by Crippen LogP contribution is -2.16. The van der Waals surface area contributed by atoms with Gasteiger partial charge in [0.05, 0.1) is 23.3 Å². The summed E-state index contributed by atoms with van der Waals surface area (Å²) in [7, 11) is 1.57. The molecule has 0 aliphatic heterocycles. The number of ether oxygens (including phenoxy) is 2. The lowest BCUT2D eigenvalue weighted by atomic mass is 10.2. The van der Waals surface area contributed by atoms with Gasteiger partial charge in [-0.05, 0) is 34.8 Å². The van der Waals surface area contributed by atoms with Crippen LogP contribution in [0, 0.1) is 11.7 Å². The van der Waals surface area contributed by atoms with Crippen LogP contribution in [0.5, 0.6) is 5.75 Å². The van der Waals surface area contributed by atoms with Crippen molar-refractivity contribution in [3.05, 3.63) is 22.4 Å². The van der Waals surface area contributed by atoms with Crippen LogP contribution in [-0.2, 0) is 9.53 Å². The second-order valence-electron chi connectivity index (χ2n) is 4.70. The Balaban J connectivity index is 2.03. The Kier molecular flexibility index (Phi) is 5.37. The normalized spacial score (nSPS) is 14.2. The minimum atomic E-state index is -0.406. The van der Waals surface area contributed by atoms with Gasteiger partial charge < -0.3 is 14.8 Å². The van der Waals surface area contributed by atoms with Gasteiger partial charge in [-0.1, -0.05) is 0 Å². The first-order valence-corrected chi connectivity index (χ1v) is 7.28. The van der Waals surface area contributed by atoms with Gasteiger partial charge in [0.25, 0.3) is 0 Å². The van der Waals surface area contributed by atoms with E-state index in [4.69, 9.17) is 9.47 Å². The van der Waals surface area contributed by atoms with Crippen molar-refractivity contribution in [1.29, 1.82) is 0 Å². The molecule has 6 heteroatoms. The fourth-order valence-corrected chi connectivity index (χ4v) is 2.10. The predicted molar refractivity (Wildman–Crippen MR) is 77.7 cm³/mol. The van der Waals surface area contributed by atoms with Crippen LogP contribution in [-0.4, -0.2) is 32.7 Å². The number of hydrogen-bond acceptors (Lipinski definition) is 4. The summed E-state index contributed by atoms with van der Waals surface area (Å²) in [5.74, 6) is 0.361. The summed E-state index contributed by atoms with van der Waals surface area (Å²) >= 11 is 3.13. The van der Waals surface area contributed by atoms with Gasteiger partial charge in [-0.15, -0.1) is 0 Å². The van der Waals surface area contributed by atoms with Crippen LogP contribution in [0.15, 0.2) is 16.6 Å². The van der Waals surface area contributed by atoms with Gasteiger partial charge in [0, 0.05) is 19.1 Å². The average Bonchev–Trinajstić information content (AvgIpc) is 3.25. The lowest BCUT2D eigenvalue weighted by molar-refractivity contribution is -0.118. The number of carbonyl (C=O) groups excluding carboxylic acids is 1. The number of carbonyl (C=O) groups is 1. The molecule has 1 N–H and O–H groups in total. The number of methoxy groups -OCH3 is 1. The van der Waals surface area contributed by atoms with Gasteiger partial charge in [0.2, 0.25) is 0 Å². The molecule has 110 valence electrons. The molecule has 0 amide bonds. The van der Waals surface area contributed by atoms with Gasteiger partial charge in [-0.25, -0.2) is 4.39 Å². The maximum atomic E-state index is 13.6. The standard InChI is InChI=1S/C14H17BrFNO3/c1-19-4-5-20-14-7-11(16)10(15)6-12(14)17-8-13(18)9-2-3-9/h6-7,9,17H,2-5,8H2,1H3. The van der Waals surface area contributed by atoms with Crippen molar-refractivity contribution >= 4 is 27.4 Å². The molecule has 2 rings (SSSR count). The highest BCUT2D eigenvalue weighted by Gasteiger charge is 2.29. The van der Waals surface area contributed by atoms with Crippen LogP contribution in [0.3, 0.4) is 0 Å². The summed E-state index contributed by atoms with van der Waals surface area (Å²) in [6.07, 6.45) is 1.95. The number of nitrogens with one attached hydrogen (secondary N) is 1. The fraction of sp³-hybridized carbons (Fsp3) is 0.500. The van der Waals surface area contributed by atoms with Crippen molar-refractivity contribution in [2.75, 3.05) is 32.2 Å². The van der Waals surface area contributed by atoms with Gasteiger partial charge in [0.1, 0.15) is 18.2 Å². The van der Waals surface area contributed by atoms with Crippen molar-refractivity contribution in [3.8, 4) is 5.75 Å². The number of rotatable bonds is 8. The fourth-order valence-electron chi connectivity index (χ4n) is 1.75. The molecule has 0 bridgehead atoms. The lowest BCUT2D eigenvalue weighted by Gasteiger charge is -2.14. The van der Waals surface area contributed by atoms with E-state index in [1.165, 1.54) is 6.07 Å². The van der Waals surface area contributed by atoms with E-state index < -0.39 is 5.82 Å². The molecular weight excluding hydrogens is 329 g/mol. The largest absolute Gasteiger partial charge is 0.489 e. The Morgan fingerprint density at radius 2 is 2.20 bits per heavy atom. The van der Waals surface area contributed by atoms with Crippen molar-refractivity contribution in [2.45, 2.75) is 12.8 Å². The van der Waals surface area contributed by atoms with Crippen LogP contribution in [0.1, 0.15) is 12.8 Å². The van der Waals surface area contributed by atoms with Gasteiger partial charge in [-0.2, -0.15) is 0 Å². The summed E-state index contributed by atoms with van der Waals surface area (Å²) < 4.78 is 24.2. The van der Waals surface area contributed by atoms with E-state index >= 15 is 0 Å². The van der Waals surface area contributed by atoms with E-state index in [1.807, 2.05) is 0 Å². The summed E-state index contributed by atoms with van der Waals surface area (Å²) in [5.41, 5.74) is 0.600. The Labute approximate surface area is 125 Å². The molecule has 20 heavy (non-hydrogen) atoms. The summed E-state index contributed by atoms with van der Waals surface area (Å²) in [6.45, 7) is 0.977. The van der Waals surface area contributed by atoms with Crippen molar-refractivity contribution < 1.29 is 18.7 Å². The van der Waals surface area contributed by atoms with Crippen molar-refractivity contribution in [3.63, 3.8) is 0 Å². The summed E-state index contributed by atoms with van der Waals surface area (Å²) in [4.78, 5) is 11.7. The molecule has 0 unspecified atom stereocenters. The Bertz CT molecular complexity index is 492. The summed E-state index contributed by atoms with van der Waals surface area (Å²) in [5, 5.41) is 3.02. The van der Waals surface area contributed by atoms with Gasteiger partial charge in [0.15, 0.2) is 5.78 Å². The van der Waals surface area contributed by atoms with Crippen LogP contribution in [0.4, 0.5) is 10.1 Å². The van der Waals surface area contributed by atoms with E-state index in [-0.39, 0.29) is 18.2 Å². The first kappa shape index (κ1) is 15.3. The number of Topliss-reactive ketones (excluding diaryl/α,β-unsaturated/α-hetero) is 1. The van der Waals surface area contributed by atoms with E-state index in [0.717, 1.165) is 12.8 Å². The van der Waals surface area contributed by atoms with Crippen LogP contribution < -0.4 is 10.1 Å². The second kappa shape index (κ2) is 7.04. The molecule has 0 saturated heterocycles. The quantitative estimate of drug-likeness (QED) is 0.735. The number of halogens is 2. The SMILES string of the molecule is COCCOc1cc(F)c(Br)cc1NCC(=O)C1CC1. The highest BCUT2D eigenvalue weighted by Crippen LogP contribution is 2.32. The zero-order chi connectivity index (χ0) is 14.5. The van der Waals surface area contributed by atoms with Gasteiger partial charge >= 0.3 is 0 Å². The number of benzene rings is 1. The smallest absolute Gasteiger partial charge is 0.154 e. The molecule has 0 spiro atoms. The monoisotopic (exact) mass is 345 g/mol. The molecule has 0 atom stereocenters. The molecule has 1 aliphatic carbocycles. The Hall–Kier alpha value is -1.14. The minimum Gasteiger partial charge on any atom is -0.489 e. The third kappa shape index (κ3) is 4.18. The van der Waals surface area contributed by atoms with E-state index in [2.05, 4.69) is 21.2 Å².